The van der Waals surface area contributed by atoms with E-state index in [2.05, 4.69) is 10.1 Å². The zero-order valence-corrected chi connectivity index (χ0v) is 11.4. The first-order valence-corrected chi connectivity index (χ1v) is 6.05. The summed E-state index contributed by atoms with van der Waals surface area (Å²) in [4.78, 5) is 23.8. The molecule has 18 heavy (non-hydrogen) atoms. The normalized spacial score (nSPS) is 29.1. The van der Waals surface area contributed by atoms with Gasteiger partial charge >= 0.3 is 5.97 Å². The Hall–Kier alpha value is -1.14. The van der Waals surface area contributed by atoms with Crippen molar-refractivity contribution in [2.24, 2.45) is 17.1 Å². The molecular weight excluding hydrogens is 236 g/mol. The lowest BCUT2D eigenvalue weighted by molar-refractivity contribution is -0.148. The largest absolute Gasteiger partial charge is 0.467 e. The Bertz CT molecular complexity index is 332. The van der Waals surface area contributed by atoms with E-state index in [4.69, 9.17) is 10.5 Å². The van der Waals surface area contributed by atoms with Crippen LogP contribution in [-0.2, 0) is 19.1 Å². The highest BCUT2D eigenvalue weighted by atomic mass is 16.5. The summed E-state index contributed by atoms with van der Waals surface area (Å²) in [5, 5.41) is 2.71. The molecule has 1 aliphatic rings. The molecule has 6 heteroatoms. The minimum absolute atomic E-state index is 0.0523. The second kappa shape index (κ2) is 5.67. The zero-order chi connectivity index (χ0) is 13.9. The molecule has 1 aliphatic heterocycles. The van der Waals surface area contributed by atoms with Crippen molar-refractivity contribution < 1.29 is 19.1 Å². The molecule has 2 unspecified atom stereocenters. The molecule has 0 aliphatic carbocycles. The van der Waals surface area contributed by atoms with Crippen molar-refractivity contribution in [1.29, 1.82) is 0 Å². The monoisotopic (exact) mass is 258 g/mol. The second-order valence-corrected chi connectivity index (χ2v) is 5.26. The quantitative estimate of drug-likeness (QED) is 0.673. The summed E-state index contributed by atoms with van der Waals surface area (Å²) in [7, 11) is 1.30. The van der Waals surface area contributed by atoms with Crippen molar-refractivity contribution in [1.82, 2.24) is 5.32 Å². The summed E-state index contributed by atoms with van der Waals surface area (Å²) in [6.45, 7) is 6.06. The molecule has 0 aromatic rings. The molecule has 0 saturated carbocycles. The van der Waals surface area contributed by atoms with Crippen molar-refractivity contribution in [2.45, 2.75) is 32.9 Å². The number of rotatable bonds is 4. The van der Waals surface area contributed by atoms with Crippen LogP contribution in [0.5, 0.6) is 0 Å². The Balaban J connectivity index is 2.76. The lowest BCUT2D eigenvalue weighted by atomic mass is 9.84. The average molecular weight is 258 g/mol. The topological polar surface area (TPSA) is 90.6 Å². The number of carbonyl (C=O) groups excluding carboxylic acids is 2. The maximum atomic E-state index is 12.2. The van der Waals surface area contributed by atoms with Gasteiger partial charge in [-0.2, -0.15) is 0 Å². The van der Waals surface area contributed by atoms with Gasteiger partial charge in [0.05, 0.1) is 25.7 Å². The van der Waals surface area contributed by atoms with Gasteiger partial charge in [0.1, 0.15) is 6.04 Å². The summed E-state index contributed by atoms with van der Waals surface area (Å²) in [6.07, 6.45) is 0. The predicted octanol–water partition coefficient (Wildman–Crippen LogP) is -0.336. The molecule has 1 fully saturated rings. The van der Waals surface area contributed by atoms with E-state index in [1.165, 1.54) is 7.11 Å². The van der Waals surface area contributed by atoms with Crippen molar-refractivity contribution >= 4 is 11.9 Å². The van der Waals surface area contributed by atoms with E-state index >= 15 is 0 Å². The highest BCUT2D eigenvalue weighted by molar-refractivity contribution is 5.88. The first-order chi connectivity index (χ1) is 8.32. The molecule has 3 N–H and O–H groups in total. The van der Waals surface area contributed by atoms with Crippen LogP contribution in [0.2, 0.25) is 0 Å². The highest BCUT2D eigenvalue weighted by Crippen LogP contribution is 2.27. The van der Waals surface area contributed by atoms with Crippen molar-refractivity contribution in [3.05, 3.63) is 0 Å². The number of esters is 1. The minimum atomic E-state index is -0.791. The molecule has 0 aromatic heterocycles. The Morgan fingerprint density at radius 1 is 1.50 bits per heavy atom. The van der Waals surface area contributed by atoms with Gasteiger partial charge in [-0.3, -0.25) is 4.79 Å². The van der Waals surface area contributed by atoms with Crippen molar-refractivity contribution in [3.8, 4) is 0 Å². The molecule has 1 amide bonds. The number of ether oxygens (including phenoxy) is 2. The fraction of sp³-hybridized carbons (Fsp3) is 0.833. The third-order valence-corrected chi connectivity index (χ3v) is 3.44. The molecule has 3 atom stereocenters. The van der Waals surface area contributed by atoms with E-state index in [1.54, 1.807) is 6.92 Å². The van der Waals surface area contributed by atoms with Crippen LogP contribution in [0.3, 0.4) is 0 Å². The summed E-state index contributed by atoms with van der Waals surface area (Å²) < 4.78 is 9.90. The number of hydrogen-bond acceptors (Lipinski definition) is 5. The molecule has 0 bridgehead atoms. The van der Waals surface area contributed by atoms with E-state index in [0.717, 1.165) is 0 Å². The fourth-order valence-electron chi connectivity index (χ4n) is 1.85. The van der Waals surface area contributed by atoms with Crippen LogP contribution in [0.25, 0.3) is 0 Å². The number of nitrogens with two attached hydrogens (primary N) is 1. The van der Waals surface area contributed by atoms with Gasteiger partial charge in [-0.1, -0.05) is 13.8 Å². The molecule has 1 rings (SSSR count). The SMILES string of the molecule is COC(=O)[C@H](NC(=O)C1(C)COCC1N)C(C)C. The number of amides is 1. The Morgan fingerprint density at radius 3 is 2.50 bits per heavy atom. The first kappa shape index (κ1) is 14.9. The van der Waals surface area contributed by atoms with Gasteiger partial charge in [0, 0.05) is 6.04 Å². The van der Waals surface area contributed by atoms with Crippen LogP contribution < -0.4 is 11.1 Å². The smallest absolute Gasteiger partial charge is 0.328 e. The maximum Gasteiger partial charge on any atom is 0.328 e. The summed E-state index contributed by atoms with van der Waals surface area (Å²) >= 11 is 0. The number of hydrogen-bond donors (Lipinski definition) is 2. The predicted molar refractivity (Wildman–Crippen MR) is 65.7 cm³/mol. The van der Waals surface area contributed by atoms with Gasteiger partial charge in [0.15, 0.2) is 0 Å². The van der Waals surface area contributed by atoms with Gasteiger partial charge in [-0.15, -0.1) is 0 Å². The highest BCUT2D eigenvalue weighted by Gasteiger charge is 2.45. The Morgan fingerprint density at radius 2 is 2.11 bits per heavy atom. The fourth-order valence-corrected chi connectivity index (χ4v) is 1.85. The van der Waals surface area contributed by atoms with E-state index in [0.29, 0.717) is 6.61 Å². The second-order valence-electron chi connectivity index (χ2n) is 5.26. The lowest BCUT2D eigenvalue weighted by Crippen LogP contribution is -2.55. The van der Waals surface area contributed by atoms with Crippen molar-refractivity contribution in [3.63, 3.8) is 0 Å². The number of carbonyl (C=O) groups is 2. The molecule has 0 radical (unpaired) electrons. The zero-order valence-electron chi connectivity index (χ0n) is 11.4. The standard InChI is InChI=1S/C12H22N2O4/c1-7(2)9(10(15)17-4)14-11(16)12(3)6-18-5-8(12)13/h7-9H,5-6,13H2,1-4H3,(H,14,16)/t8?,9-,12?/m1/s1. The van der Waals surface area contributed by atoms with Gasteiger partial charge < -0.3 is 20.5 Å². The minimum Gasteiger partial charge on any atom is -0.467 e. The summed E-state index contributed by atoms with van der Waals surface area (Å²) in [6, 6.07) is -1.02. The Labute approximate surface area is 107 Å². The summed E-state index contributed by atoms with van der Waals surface area (Å²) in [5.41, 5.74) is 5.08. The average Bonchev–Trinajstić information content (AvgIpc) is 2.66. The van der Waals surface area contributed by atoms with Gasteiger partial charge in [-0.05, 0) is 12.8 Å². The molecule has 1 saturated heterocycles. The summed E-state index contributed by atoms with van der Waals surface area (Å²) in [5.74, 6) is -0.769. The molecule has 0 aromatic carbocycles. The van der Waals surface area contributed by atoms with E-state index in [1.807, 2.05) is 13.8 Å². The van der Waals surface area contributed by atoms with Crippen LogP contribution in [0, 0.1) is 11.3 Å². The molecule has 104 valence electrons. The van der Waals surface area contributed by atoms with E-state index in [9.17, 15) is 9.59 Å². The number of methoxy groups -OCH3 is 1. The van der Waals surface area contributed by atoms with E-state index < -0.39 is 17.4 Å². The maximum absolute atomic E-state index is 12.2. The van der Waals surface area contributed by atoms with Crippen molar-refractivity contribution in [2.75, 3.05) is 20.3 Å². The van der Waals surface area contributed by atoms with Crippen LogP contribution in [0.4, 0.5) is 0 Å². The molecule has 0 spiro atoms. The van der Waals surface area contributed by atoms with Crippen LogP contribution in [0.1, 0.15) is 20.8 Å². The Kier molecular flexibility index (Phi) is 4.70. The van der Waals surface area contributed by atoms with Crippen LogP contribution in [-0.4, -0.2) is 44.3 Å². The molecule has 1 heterocycles. The first-order valence-electron chi connectivity index (χ1n) is 6.05. The third-order valence-electron chi connectivity index (χ3n) is 3.44. The van der Waals surface area contributed by atoms with Crippen LogP contribution in [0.15, 0.2) is 0 Å². The molecular formula is C12H22N2O4. The number of nitrogens with one attached hydrogen (secondary N) is 1. The van der Waals surface area contributed by atoms with E-state index in [-0.39, 0.29) is 24.5 Å². The van der Waals surface area contributed by atoms with Crippen LogP contribution >= 0.6 is 0 Å². The van der Waals surface area contributed by atoms with Gasteiger partial charge in [0.25, 0.3) is 0 Å². The van der Waals surface area contributed by atoms with Gasteiger partial charge in [-0.25, -0.2) is 4.79 Å². The lowest BCUT2D eigenvalue weighted by Gasteiger charge is -2.29. The third kappa shape index (κ3) is 2.81. The molecule has 6 nitrogen and oxygen atoms in total. The van der Waals surface area contributed by atoms with Gasteiger partial charge in [0.2, 0.25) is 5.91 Å².